The van der Waals surface area contributed by atoms with Gasteiger partial charge in [-0.05, 0) is 56.1 Å². The summed E-state index contributed by atoms with van der Waals surface area (Å²) < 4.78 is 5.12. The molecule has 1 heterocycles. The summed E-state index contributed by atoms with van der Waals surface area (Å²) in [6, 6.07) is 9.58. The van der Waals surface area contributed by atoms with Crippen LogP contribution in [0.15, 0.2) is 29.2 Å². The van der Waals surface area contributed by atoms with E-state index in [-0.39, 0.29) is 5.91 Å². The molecule has 1 N–H and O–H groups in total. The van der Waals surface area contributed by atoms with Gasteiger partial charge in [-0.15, -0.1) is 11.8 Å². The van der Waals surface area contributed by atoms with Crippen molar-refractivity contribution in [2.24, 2.45) is 5.92 Å². The van der Waals surface area contributed by atoms with Crippen molar-refractivity contribution in [3.63, 3.8) is 0 Å². The van der Waals surface area contributed by atoms with Crippen LogP contribution in [0.5, 0.6) is 0 Å². The van der Waals surface area contributed by atoms with E-state index >= 15 is 0 Å². The number of amides is 1. The van der Waals surface area contributed by atoms with Crippen LogP contribution in [-0.4, -0.2) is 56.5 Å². The minimum absolute atomic E-state index is 0.128. The molecular weight excluding hydrogens is 334 g/mol. The second-order valence-electron chi connectivity index (χ2n) is 6.32. The number of nitriles is 1. The number of likely N-dealkylation sites (tertiary alicyclic amines) is 1. The lowest BCUT2D eigenvalue weighted by Crippen LogP contribution is -2.39. The van der Waals surface area contributed by atoms with Crippen LogP contribution in [0.25, 0.3) is 0 Å². The summed E-state index contributed by atoms with van der Waals surface area (Å²) in [4.78, 5) is 15.5. The Kier molecular flexibility index (Phi) is 8.81. The van der Waals surface area contributed by atoms with Crippen LogP contribution >= 0.6 is 11.8 Å². The molecule has 5 nitrogen and oxygen atoms in total. The maximum atomic E-state index is 12.0. The summed E-state index contributed by atoms with van der Waals surface area (Å²) in [5.74, 6) is 1.48. The summed E-state index contributed by atoms with van der Waals surface area (Å²) in [6.07, 6.45) is 2.81. The zero-order valence-corrected chi connectivity index (χ0v) is 15.7. The van der Waals surface area contributed by atoms with Crippen molar-refractivity contribution >= 4 is 17.7 Å². The van der Waals surface area contributed by atoms with E-state index in [0.717, 1.165) is 56.3 Å². The lowest BCUT2D eigenvalue weighted by Gasteiger charge is -2.31. The zero-order valence-electron chi connectivity index (χ0n) is 14.9. The van der Waals surface area contributed by atoms with Gasteiger partial charge >= 0.3 is 0 Å². The Labute approximate surface area is 154 Å². The molecule has 1 aliphatic heterocycles. The third-order valence-electron chi connectivity index (χ3n) is 4.49. The van der Waals surface area contributed by atoms with E-state index in [2.05, 4.69) is 16.3 Å². The van der Waals surface area contributed by atoms with Crippen LogP contribution in [0, 0.1) is 17.2 Å². The summed E-state index contributed by atoms with van der Waals surface area (Å²) >= 11 is 1.65. The first-order chi connectivity index (χ1) is 12.2. The third kappa shape index (κ3) is 7.47. The Balaban J connectivity index is 1.56. The molecular formula is C19H27N3O2S. The molecule has 1 fully saturated rings. The Morgan fingerprint density at radius 2 is 2.08 bits per heavy atom. The number of thioether (sulfide) groups is 1. The Bertz CT molecular complexity index is 563. The van der Waals surface area contributed by atoms with Gasteiger partial charge in [0.2, 0.25) is 5.91 Å². The molecule has 0 spiro atoms. The van der Waals surface area contributed by atoms with Gasteiger partial charge < -0.3 is 15.0 Å². The molecule has 1 aliphatic rings. The molecule has 0 atom stereocenters. The number of nitrogens with one attached hydrogen (secondary N) is 1. The molecule has 0 saturated carbocycles. The summed E-state index contributed by atoms with van der Waals surface area (Å²) in [6.45, 7) is 4.77. The van der Waals surface area contributed by atoms with Crippen molar-refractivity contribution in [1.82, 2.24) is 10.2 Å². The van der Waals surface area contributed by atoms with E-state index in [0.29, 0.717) is 17.9 Å². The van der Waals surface area contributed by atoms with Crippen LogP contribution < -0.4 is 5.32 Å². The number of hydrogen-bond acceptors (Lipinski definition) is 5. The van der Waals surface area contributed by atoms with Crippen LogP contribution in [0.4, 0.5) is 0 Å². The van der Waals surface area contributed by atoms with E-state index in [1.807, 2.05) is 12.1 Å². The molecule has 136 valence electrons. The third-order valence-corrected chi connectivity index (χ3v) is 5.50. The lowest BCUT2D eigenvalue weighted by atomic mass is 9.97. The normalized spacial score (nSPS) is 15.7. The zero-order chi connectivity index (χ0) is 17.9. The standard InChI is InChI=1S/C19H27N3O2S/c1-24-12-11-22-9-6-17(7-10-22)15-21-19(23)8-13-25-18-4-2-16(14-20)3-5-18/h2-5,17H,6-13,15H2,1H3,(H,21,23). The molecule has 1 aromatic rings. The predicted molar refractivity (Wildman–Crippen MR) is 101 cm³/mol. The van der Waals surface area contributed by atoms with E-state index in [9.17, 15) is 4.79 Å². The van der Waals surface area contributed by atoms with Gasteiger partial charge in [-0.3, -0.25) is 4.79 Å². The van der Waals surface area contributed by atoms with Gasteiger partial charge in [0.25, 0.3) is 0 Å². The van der Waals surface area contributed by atoms with E-state index < -0.39 is 0 Å². The minimum atomic E-state index is 0.128. The second kappa shape index (κ2) is 11.1. The molecule has 25 heavy (non-hydrogen) atoms. The first-order valence-corrected chi connectivity index (χ1v) is 9.80. The fourth-order valence-electron chi connectivity index (χ4n) is 2.87. The van der Waals surface area contributed by atoms with Gasteiger partial charge in [0, 0.05) is 37.3 Å². The van der Waals surface area contributed by atoms with Gasteiger partial charge in [0.15, 0.2) is 0 Å². The molecule has 1 aromatic carbocycles. The van der Waals surface area contributed by atoms with Crippen molar-refractivity contribution in [3.8, 4) is 6.07 Å². The average molecular weight is 362 g/mol. The smallest absolute Gasteiger partial charge is 0.220 e. The number of ether oxygens (including phenoxy) is 1. The molecule has 0 unspecified atom stereocenters. The topological polar surface area (TPSA) is 65.4 Å². The monoisotopic (exact) mass is 361 g/mol. The number of piperidine rings is 1. The Morgan fingerprint density at radius 3 is 2.72 bits per heavy atom. The highest BCUT2D eigenvalue weighted by molar-refractivity contribution is 7.99. The molecule has 0 aromatic heterocycles. The van der Waals surface area contributed by atoms with Crippen molar-refractivity contribution in [1.29, 1.82) is 5.26 Å². The predicted octanol–water partition coefficient (Wildman–Crippen LogP) is 2.52. The summed E-state index contributed by atoms with van der Waals surface area (Å²) in [5, 5.41) is 11.9. The maximum absolute atomic E-state index is 12.0. The van der Waals surface area contributed by atoms with Gasteiger partial charge in [-0.1, -0.05) is 0 Å². The van der Waals surface area contributed by atoms with Crippen LogP contribution in [0.3, 0.4) is 0 Å². The highest BCUT2D eigenvalue weighted by Crippen LogP contribution is 2.19. The largest absolute Gasteiger partial charge is 0.383 e. The Morgan fingerprint density at radius 1 is 1.36 bits per heavy atom. The Hall–Kier alpha value is -1.55. The number of benzene rings is 1. The van der Waals surface area contributed by atoms with Gasteiger partial charge in [0.05, 0.1) is 18.2 Å². The van der Waals surface area contributed by atoms with Gasteiger partial charge in [-0.25, -0.2) is 0 Å². The fourth-order valence-corrected chi connectivity index (χ4v) is 3.72. The average Bonchev–Trinajstić information content (AvgIpc) is 2.66. The number of hydrogen-bond donors (Lipinski definition) is 1. The molecule has 0 bridgehead atoms. The summed E-state index contributed by atoms with van der Waals surface area (Å²) in [7, 11) is 1.74. The first-order valence-electron chi connectivity index (χ1n) is 8.82. The van der Waals surface area contributed by atoms with Crippen LogP contribution in [0.2, 0.25) is 0 Å². The number of rotatable bonds is 9. The molecule has 1 amide bonds. The van der Waals surface area contributed by atoms with Crippen molar-refractivity contribution in [2.75, 3.05) is 45.6 Å². The van der Waals surface area contributed by atoms with Gasteiger partial charge in [-0.2, -0.15) is 5.26 Å². The van der Waals surface area contributed by atoms with Gasteiger partial charge in [0.1, 0.15) is 0 Å². The highest BCUT2D eigenvalue weighted by Gasteiger charge is 2.19. The van der Waals surface area contributed by atoms with Crippen molar-refractivity contribution < 1.29 is 9.53 Å². The van der Waals surface area contributed by atoms with Crippen LogP contribution in [0.1, 0.15) is 24.8 Å². The number of methoxy groups -OCH3 is 1. The van der Waals surface area contributed by atoms with E-state index in [1.54, 1.807) is 31.0 Å². The number of carbonyl (C=O) groups is 1. The highest BCUT2D eigenvalue weighted by atomic mass is 32.2. The maximum Gasteiger partial charge on any atom is 0.220 e. The van der Waals surface area contributed by atoms with E-state index in [4.69, 9.17) is 10.00 Å². The number of nitrogens with zero attached hydrogens (tertiary/aromatic N) is 2. The van der Waals surface area contributed by atoms with Crippen molar-refractivity contribution in [2.45, 2.75) is 24.2 Å². The van der Waals surface area contributed by atoms with Crippen LogP contribution in [-0.2, 0) is 9.53 Å². The quantitative estimate of drug-likeness (QED) is 0.685. The minimum Gasteiger partial charge on any atom is -0.383 e. The molecule has 6 heteroatoms. The van der Waals surface area contributed by atoms with Crippen molar-refractivity contribution in [3.05, 3.63) is 29.8 Å². The fraction of sp³-hybridized carbons (Fsp3) is 0.579. The molecule has 0 aliphatic carbocycles. The number of carbonyl (C=O) groups excluding carboxylic acids is 1. The molecule has 0 radical (unpaired) electrons. The SMILES string of the molecule is COCCN1CCC(CNC(=O)CCSc2ccc(C#N)cc2)CC1. The molecule has 2 rings (SSSR count). The summed E-state index contributed by atoms with van der Waals surface area (Å²) in [5.41, 5.74) is 0.662. The van der Waals surface area contributed by atoms with E-state index in [1.165, 1.54) is 0 Å². The first kappa shape index (κ1) is 19.8. The lowest BCUT2D eigenvalue weighted by molar-refractivity contribution is -0.120. The second-order valence-corrected chi connectivity index (χ2v) is 7.48. The molecule has 1 saturated heterocycles.